The number of aromatic nitrogens is 1. The van der Waals surface area contributed by atoms with Crippen molar-refractivity contribution in [3.05, 3.63) is 30.0 Å². The SMILES string of the molecule is CCC(N)c1cc2ccc(O)cc2[nH]1. The number of phenolic OH excluding ortho intramolecular Hbond substituents is 1. The predicted molar refractivity (Wildman–Crippen MR) is 57.2 cm³/mol. The topological polar surface area (TPSA) is 62.0 Å². The van der Waals surface area contributed by atoms with Gasteiger partial charge < -0.3 is 15.8 Å². The summed E-state index contributed by atoms with van der Waals surface area (Å²) in [6.45, 7) is 2.05. The second-order valence-corrected chi connectivity index (χ2v) is 3.51. The van der Waals surface area contributed by atoms with Gasteiger partial charge in [0, 0.05) is 23.3 Å². The summed E-state index contributed by atoms with van der Waals surface area (Å²) in [5.74, 6) is 0.274. The van der Waals surface area contributed by atoms with E-state index < -0.39 is 0 Å². The third-order valence-corrected chi connectivity index (χ3v) is 2.47. The molecule has 74 valence electrons. The van der Waals surface area contributed by atoms with Gasteiger partial charge in [0.1, 0.15) is 5.75 Å². The minimum Gasteiger partial charge on any atom is -0.508 e. The number of phenols is 1. The van der Waals surface area contributed by atoms with Crippen molar-refractivity contribution in [3.8, 4) is 5.75 Å². The summed E-state index contributed by atoms with van der Waals surface area (Å²) in [6, 6.07) is 7.35. The molecule has 2 aromatic rings. The number of benzene rings is 1. The van der Waals surface area contributed by atoms with Crippen LogP contribution in [0.4, 0.5) is 0 Å². The number of nitrogens with two attached hydrogens (primary N) is 1. The molecule has 0 saturated carbocycles. The Hall–Kier alpha value is -1.48. The lowest BCUT2D eigenvalue weighted by Gasteiger charge is -2.04. The molecule has 0 aliphatic heterocycles. The lowest BCUT2D eigenvalue weighted by Crippen LogP contribution is -2.08. The monoisotopic (exact) mass is 190 g/mol. The minimum atomic E-state index is 0.0459. The zero-order chi connectivity index (χ0) is 10.1. The van der Waals surface area contributed by atoms with E-state index in [1.54, 1.807) is 12.1 Å². The number of hydrogen-bond acceptors (Lipinski definition) is 2. The molecule has 14 heavy (non-hydrogen) atoms. The molecular weight excluding hydrogens is 176 g/mol. The summed E-state index contributed by atoms with van der Waals surface area (Å²) in [6.07, 6.45) is 0.902. The fraction of sp³-hybridized carbons (Fsp3) is 0.273. The molecule has 0 fully saturated rings. The summed E-state index contributed by atoms with van der Waals surface area (Å²) in [7, 11) is 0. The first-order valence-electron chi connectivity index (χ1n) is 4.78. The van der Waals surface area contributed by atoms with Crippen molar-refractivity contribution in [3.63, 3.8) is 0 Å². The van der Waals surface area contributed by atoms with Crippen molar-refractivity contribution in [1.82, 2.24) is 4.98 Å². The van der Waals surface area contributed by atoms with Crippen LogP contribution in [0.2, 0.25) is 0 Å². The van der Waals surface area contributed by atoms with Crippen molar-refractivity contribution >= 4 is 10.9 Å². The van der Waals surface area contributed by atoms with Gasteiger partial charge in [-0.25, -0.2) is 0 Å². The van der Waals surface area contributed by atoms with Crippen molar-refractivity contribution < 1.29 is 5.11 Å². The third kappa shape index (κ3) is 1.46. The summed E-state index contributed by atoms with van der Waals surface area (Å²) in [5.41, 5.74) is 7.86. The van der Waals surface area contributed by atoms with Gasteiger partial charge in [-0.05, 0) is 30.0 Å². The Kier molecular flexibility index (Phi) is 2.17. The summed E-state index contributed by atoms with van der Waals surface area (Å²) in [5, 5.41) is 10.4. The first kappa shape index (κ1) is 9.09. The number of H-pyrrole nitrogens is 1. The largest absolute Gasteiger partial charge is 0.508 e. The molecule has 4 N–H and O–H groups in total. The summed E-state index contributed by atoms with van der Waals surface area (Å²) < 4.78 is 0. The molecule has 0 radical (unpaired) electrons. The summed E-state index contributed by atoms with van der Waals surface area (Å²) in [4.78, 5) is 3.20. The van der Waals surface area contributed by atoms with E-state index in [0.717, 1.165) is 23.0 Å². The number of aromatic hydroxyl groups is 1. The molecule has 0 aliphatic rings. The number of fused-ring (bicyclic) bond motifs is 1. The third-order valence-electron chi connectivity index (χ3n) is 2.47. The van der Waals surface area contributed by atoms with Gasteiger partial charge in [0.05, 0.1) is 0 Å². The molecule has 0 spiro atoms. The van der Waals surface area contributed by atoms with E-state index in [1.165, 1.54) is 0 Å². The zero-order valence-corrected chi connectivity index (χ0v) is 8.12. The van der Waals surface area contributed by atoms with Crippen LogP contribution in [0.5, 0.6) is 5.75 Å². The number of aromatic amines is 1. The number of nitrogens with one attached hydrogen (secondary N) is 1. The van der Waals surface area contributed by atoms with Crippen LogP contribution in [0.1, 0.15) is 25.1 Å². The van der Waals surface area contributed by atoms with Crippen molar-refractivity contribution in [2.75, 3.05) is 0 Å². The maximum atomic E-state index is 9.28. The molecule has 1 heterocycles. The van der Waals surface area contributed by atoms with E-state index in [1.807, 2.05) is 19.1 Å². The van der Waals surface area contributed by atoms with Gasteiger partial charge in [-0.2, -0.15) is 0 Å². The van der Waals surface area contributed by atoms with Gasteiger partial charge in [0.2, 0.25) is 0 Å². The smallest absolute Gasteiger partial charge is 0.117 e. The molecule has 0 amide bonds. The first-order chi connectivity index (χ1) is 6.70. The van der Waals surface area contributed by atoms with Crippen LogP contribution >= 0.6 is 0 Å². The second kappa shape index (κ2) is 3.35. The van der Waals surface area contributed by atoms with Crippen LogP contribution in [0.25, 0.3) is 10.9 Å². The van der Waals surface area contributed by atoms with Crippen LogP contribution in [0.3, 0.4) is 0 Å². The van der Waals surface area contributed by atoms with Gasteiger partial charge in [-0.3, -0.25) is 0 Å². The molecule has 1 aromatic carbocycles. The molecule has 1 atom stereocenters. The zero-order valence-electron chi connectivity index (χ0n) is 8.12. The highest BCUT2D eigenvalue weighted by atomic mass is 16.3. The quantitative estimate of drug-likeness (QED) is 0.680. The van der Waals surface area contributed by atoms with Gasteiger partial charge >= 0.3 is 0 Å². The summed E-state index contributed by atoms with van der Waals surface area (Å²) >= 11 is 0. The van der Waals surface area contributed by atoms with Gasteiger partial charge in [0.25, 0.3) is 0 Å². The molecule has 1 unspecified atom stereocenters. The van der Waals surface area contributed by atoms with Crippen LogP contribution in [-0.2, 0) is 0 Å². The molecular formula is C11H14N2O. The van der Waals surface area contributed by atoms with Crippen molar-refractivity contribution in [1.29, 1.82) is 0 Å². The lowest BCUT2D eigenvalue weighted by atomic mass is 10.1. The highest BCUT2D eigenvalue weighted by Crippen LogP contribution is 2.23. The van der Waals surface area contributed by atoms with Crippen molar-refractivity contribution in [2.24, 2.45) is 5.73 Å². The van der Waals surface area contributed by atoms with Crippen LogP contribution in [0, 0.1) is 0 Å². The normalized spacial score (nSPS) is 13.3. The van der Waals surface area contributed by atoms with Gasteiger partial charge in [-0.15, -0.1) is 0 Å². The minimum absolute atomic E-state index is 0.0459. The van der Waals surface area contributed by atoms with E-state index in [2.05, 4.69) is 4.98 Å². The fourth-order valence-electron chi connectivity index (χ4n) is 1.56. The van der Waals surface area contributed by atoms with Crippen LogP contribution in [-0.4, -0.2) is 10.1 Å². The molecule has 2 rings (SSSR count). The average molecular weight is 190 g/mol. The average Bonchev–Trinajstić information content (AvgIpc) is 2.59. The Labute approximate surface area is 82.6 Å². The Morgan fingerprint density at radius 2 is 2.21 bits per heavy atom. The van der Waals surface area contributed by atoms with E-state index >= 15 is 0 Å². The molecule has 1 aromatic heterocycles. The van der Waals surface area contributed by atoms with Gasteiger partial charge in [-0.1, -0.05) is 6.92 Å². The molecule has 0 bridgehead atoms. The molecule has 3 heteroatoms. The Balaban J connectivity index is 2.51. The Bertz CT molecular complexity index is 447. The van der Waals surface area contributed by atoms with Crippen LogP contribution in [0.15, 0.2) is 24.3 Å². The second-order valence-electron chi connectivity index (χ2n) is 3.51. The highest BCUT2D eigenvalue weighted by Gasteiger charge is 2.07. The fourth-order valence-corrected chi connectivity index (χ4v) is 1.56. The predicted octanol–water partition coefficient (Wildman–Crippen LogP) is 2.28. The number of hydrogen-bond donors (Lipinski definition) is 3. The maximum Gasteiger partial charge on any atom is 0.117 e. The van der Waals surface area contributed by atoms with E-state index in [9.17, 15) is 5.11 Å². The molecule has 0 saturated heterocycles. The molecule has 3 nitrogen and oxygen atoms in total. The van der Waals surface area contributed by atoms with E-state index in [0.29, 0.717) is 0 Å². The van der Waals surface area contributed by atoms with Crippen molar-refractivity contribution in [2.45, 2.75) is 19.4 Å². The molecule has 0 aliphatic carbocycles. The number of rotatable bonds is 2. The lowest BCUT2D eigenvalue weighted by molar-refractivity contribution is 0.476. The van der Waals surface area contributed by atoms with E-state index in [4.69, 9.17) is 5.73 Å². The van der Waals surface area contributed by atoms with E-state index in [-0.39, 0.29) is 11.8 Å². The first-order valence-corrected chi connectivity index (χ1v) is 4.78. The van der Waals surface area contributed by atoms with Gasteiger partial charge in [0.15, 0.2) is 0 Å². The van der Waals surface area contributed by atoms with Crippen LogP contribution < -0.4 is 5.73 Å². The Morgan fingerprint density at radius 3 is 2.93 bits per heavy atom. The standard InChI is InChI=1S/C11H14N2O/c1-2-9(12)11-5-7-3-4-8(14)6-10(7)13-11/h3-6,9,13-14H,2,12H2,1H3. The Morgan fingerprint density at radius 1 is 1.43 bits per heavy atom. The maximum absolute atomic E-state index is 9.28. The highest BCUT2D eigenvalue weighted by molar-refractivity contribution is 5.81.